The number of hydrogen-bond donors (Lipinski definition) is 0. The molecule has 17 heteroatoms. The molecule has 2 aliphatic rings. The Morgan fingerprint density at radius 3 is 1.29 bits per heavy atom. The Hall–Kier alpha value is 1.69. The molecule has 0 aromatic rings. The van der Waals surface area contributed by atoms with Gasteiger partial charge in [0.1, 0.15) is 0 Å². The average Bonchev–Trinajstić information content (AvgIpc) is 1.94. The Labute approximate surface area is 114 Å². The van der Waals surface area contributed by atoms with Crippen LogP contribution in [0.25, 0.3) is 0 Å². The van der Waals surface area contributed by atoms with E-state index in [2.05, 4.69) is 14.7 Å². The SMILES string of the molecule is [O]=[Mo]1(=[O])[O][Al]([O][Mo](=[O])(=[O])[O][Al]2[O][Mo](=[O])(=[O])[O]2)[O]1. The molecule has 2 rings (SSSR count). The molecule has 0 saturated carbocycles. The third-order valence-corrected chi connectivity index (χ3v) is 20.9. The molecule has 0 N–H and O–H groups in total. The van der Waals surface area contributed by atoms with Crippen molar-refractivity contribution >= 4 is 30.3 Å². The Morgan fingerprint density at radius 1 is 0.765 bits per heavy atom. The second-order valence-electron chi connectivity index (χ2n) is 2.38. The Balaban J connectivity index is 1.84. The van der Waals surface area contributed by atoms with Crippen LogP contribution in [-0.4, -0.2) is 30.3 Å². The van der Waals surface area contributed by atoms with Crippen molar-refractivity contribution in [1.82, 2.24) is 0 Å². The van der Waals surface area contributed by atoms with Gasteiger partial charge in [0.15, 0.2) is 0 Å². The molecule has 0 aromatic carbocycles. The first-order valence-electron chi connectivity index (χ1n) is 3.41. The van der Waals surface area contributed by atoms with Crippen molar-refractivity contribution in [1.29, 1.82) is 0 Å². The van der Waals surface area contributed by atoms with Crippen molar-refractivity contribution in [3.8, 4) is 0 Å². The molecule has 17 heavy (non-hydrogen) atoms. The zero-order chi connectivity index (χ0) is 12.9. The quantitative estimate of drug-likeness (QED) is 0.370. The molecule has 0 aliphatic carbocycles. The molecule has 12 nitrogen and oxygen atoms in total. The molecule has 2 heterocycles. The van der Waals surface area contributed by atoms with E-state index in [1.54, 1.807) is 0 Å². The molecule has 0 unspecified atom stereocenters. The first-order chi connectivity index (χ1) is 7.57. The molecule has 0 atom stereocenters. The van der Waals surface area contributed by atoms with Gasteiger partial charge in [-0.25, -0.2) is 0 Å². The summed E-state index contributed by atoms with van der Waals surface area (Å²) >= 11 is -22.7. The fourth-order valence-electron chi connectivity index (χ4n) is 0.679. The van der Waals surface area contributed by atoms with Gasteiger partial charge in [0.05, 0.1) is 0 Å². The van der Waals surface area contributed by atoms with E-state index in [1.165, 1.54) is 0 Å². The number of hydrogen-bond acceptors (Lipinski definition) is 12. The van der Waals surface area contributed by atoms with Crippen LogP contribution < -0.4 is 0 Å². The van der Waals surface area contributed by atoms with Gasteiger partial charge < -0.3 is 0 Å². The van der Waals surface area contributed by atoms with Crippen molar-refractivity contribution in [2.45, 2.75) is 0 Å². The van der Waals surface area contributed by atoms with Gasteiger partial charge in [0, 0.05) is 0 Å². The summed E-state index contributed by atoms with van der Waals surface area (Å²) in [5, 5.41) is 0. The first-order valence-corrected chi connectivity index (χ1v) is 16.1. The molecule has 2 saturated heterocycles. The predicted molar refractivity (Wildman–Crippen MR) is 22.1 cm³/mol. The van der Waals surface area contributed by atoms with E-state index in [4.69, 9.17) is 0 Å². The first kappa shape index (κ1) is 15.1. The summed E-state index contributed by atoms with van der Waals surface area (Å²) in [6.45, 7) is 0. The van der Waals surface area contributed by atoms with Crippen LogP contribution in [0, 0.1) is 0 Å². The molecular formula is Al2Mo3O12. The molecule has 96 valence electrons. The maximum absolute atomic E-state index is 11.1. The summed E-state index contributed by atoms with van der Waals surface area (Å²) in [7, 11) is 0. The Morgan fingerprint density at radius 2 is 1.06 bits per heavy atom. The van der Waals surface area contributed by atoms with Crippen LogP contribution in [-0.2, 0) is 85.3 Å². The van der Waals surface area contributed by atoms with E-state index in [0.717, 1.165) is 0 Å². The van der Waals surface area contributed by atoms with E-state index in [0.29, 0.717) is 0 Å². The summed E-state index contributed by atoms with van der Waals surface area (Å²) in [4.78, 5) is 0. The molecule has 0 aromatic heterocycles. The molecule has 0 bridgehead atoms. The van der Waals surface area contributed by atoms with Crippen molar-refractivity contribution in [2.75, 3.05) is 0 Å². The van der Waals surface area contributed by atoms with Crippen molar-refractivity contribution in [3.63, 3.8) is 0 Å². The molecule has 2 fully saturated rings. The van der Waals surface area contributed by atoms with Gasteiger partial charge in [0.2, 0.25) is 0 Å². The summed E-state index contributed by atoms with van der Waals surface area (Å²) in [5.74, 6) is 0. The number of rotatable bonds is 4. The monoisotopic (exact) mass is 540 g/mol. The topological polar surface area (TPSA) is 158 Å². The fraction of sp³-hybridized carbons (Fsp3) is 0. The molecule has 2 aliphatic heterocycles. The Kier molecular flexibility index (Phi) is 4.35. The Bertz CT molecular complexity index is 533. The second-order valence-corrected chi connectivity index (χ2v) is 19.2. The molecule has 0 spiro atoms. The normalized spacial score (nSPS) is 26.1. The van der Waals surface area contributed by atoms with Crippen LogP contribution in [0.3, 0.4) is 0 Å². The molecule has 0 radical (unpaired) electrons. The van der Waals surface area contributed by atoms with Gasteiger partial charge in [0.25, 0.3) is 0 Å². The fourth-order valence-corrected chi connectivity index (χ4v) is 18.4. The zero-order valence-electron chi connectivity index (χ0n) is 7.28. The van der Waals surface area contributed by atoms with Gasteiger partial charge in [-0.2, -0.15) is 0 Å². The van der Waals surface area contributed by atoms with Crippen LogP contribution >= 0.6 is 0 Å². The van der Waals surface area contributed by atoms with E-state index in [1.807, 2.05) is 0 Å². The average molecular weight is 534 g/mol. The maximum atomic E-state index is 11.1. The van der Waals surface area contributed by atoms with Gasteiger partial charge in [-0.05, 0) is 0 Å². The van der Waals surface area contributed by atoms with E-state index in [9.17, 15) is 20.4 Å². The zero-order valence-corrected chi connectivity index (χ0v) is 15.6. The van der Waals surface area contributed by atoms with E-state index < -0.39 is 80.5 Å². The third kappa shape index (κ3) is 4.34. The van der Waals surface area contributed by atoms with Crippen LogP contribution in [0.15, 0.2) is 0 Å². The third-order valence-electron chi connectivity index (χ3n) is 1.18. The van der Waals surface area contributed by atoms with Crippen LogP contribution in [0.1, 0.15) is 0 Å². The minimum absolute atomic E-state index is 3.27. The summed E-state index contributed by atoms with van der Waals surface area (Å²) in [6, 6.07) is 0. The van der Waals surface area contributed by atoms with Gasteiger partial charge in [-0.1, -0.05) is 0 Å². The van der Waals surface area contributed by atoms with Crippen LogP contribution in [0.4, 0.5) is 0 Å². The van der Waals surface area contributed by atoms with E-state index in [-0.39, 0.29) is 0 Å². The van der Waals surface area contributed by atoms with Gasteiger partial charge in [-0.3, -0.25) is 0 Å². The van der Waals surface area contributed by atoms with E-state index >= 15 is 0 Å². The van der Waals surface area contributed by atoms with Crippen molar-refractivity contribution < 1.29 is 85.3 Å². The van der Waals surface area contributed by atoms with Gasteiger partial charge >= 0.3 is 116 Å². The van der Waals surface area contributed by atoms with Gasteiger partial charge in [-0.15, -0.1) is 0 Å². The standard InChI is InChI=1S/2Al.3Mo.12O. The molecule has 0 amide bonds. The summed E-state index contributed by atoms with van der Waals surface area (Å²) in [6.07, 6.45) is 0. The van der Waals surface area contributed by atoms with Crippen LogP contribution in [0.5, 0.6) is 0 Å². The van der Waals surface area contributed by atoms with Crippen molar-refractivity contribution in [2.24, 2.45) is 0 Å². The van der Waals surface area contributed by atoms with Crippen molar-refractivity contribution in [3.05, 3.63) is 0 Å². The second kappa shape index (κ2) is 4.91. The van der Waals surface area contributed by atoms with Crippen LogP contribution in [0.2, 0.25) is 0 Å². The summed E-state index contributed by atoms with van der Waals surface area (Å²) in [5.41, 5.74) is 0. The summed E-state index contributed by atoms with van der Waals surface area (Å²) < 4.78 is 88.7. The minimum atomic E-state index is -5.81. The molecular weight excluding hydrogens is 534 g/mol. The predicted octanol–water partition coefficient (Wildman–Crippen LogP) is -1.89.